The molecule has 3 heterocycles. The number of hydrogen-bond donors (Lipinski definition) is 3. The maximum atomic E-state index is 12.5. The van der Waals surface area contributed by atoms with Crippen molar-refractivity contribution in [1.29, 1.82) is 0 Å². The van der Waals surface area contributed by atoms with E-state index in [0.717, 1.165) is 5.52 Å². The summed E-state index contributed by atoms with van der Waals surface area (Å²) in [6.07, 6.45) is 1.55. The summed E-state index contributed by atoms with van der Waals surface area (Å²) >= 11 is 0. The van der Waals surface area contributed by atoms with Gasteiger partial charge in [0.1, 0.15) is 11.8 Å². The maximum Gasteiger partial charge on any atom is 0.371 e. The van der Waals surface area contributed by atoms with Gasteiger partial charge in [0.05, 0.1) is 17.4 Å². The Balaban J connectivity index is 1.83. The Labute approximate surface area is 141 Å². The number of carboxylic acids is 1. The highest BCUT2D eigenvalue weighted by atomic mass is 16.4. The fourth-order valence-corrected chi connectivity index (χ4v) is 3.01. The van der Waals surface area contributed by atoms with Crippen molar-refractivity contribution in [3.8, 4) is 0 Å². The van der Waals surface area contributed by atoms with Crippen LogP contribution in [-0.2, 0) is 4.79 Å². The summed E-state index contributed by atoms with van der Waals surface area (Å²) in [6, 6.07) is 7.29. The van der Waals surface area contributed by atoms with Crippen molar-refractivity contribution in [2.75, 3.05) is 4.90 Å². The number of imidazole rings is 1. The fourth-order valence-electron chi connectivity index (χ4n) is 3.01. The lowest BCUT2D eigenvalue weighted by molar-refractivity contribution is -0.117. The van der Waals surface area contributed by atoms with Gasteiger partial charge in [0.2, 0.25) is 5.76 Å². The van der Waals surface area contributed by atoms with Gasteiger partial charge in [-0.05, 0) is 37.3 Å². The summed E-state index contributed by atoms with van der Waals surface area (Å²) in [4.78, 5) is 32.1. The smallest absolute Gasteiger partial charge is 0.371 e. The van der Waals surface area contributed by atoms with E-state index in [9.17, 15) is 14.7 Å². The molecule has 0 bridgehead atoms. The molecule has 3 aromatic rings. The number of aliphatic hydroxyl groups excluding tert-OH is 1. The average Bonchev–Trinajstić information content (AvgIpc) is 3.29. The van der Waals surface area contributed by atoms with E-state index in [1.165, 1.54) is 17.0 Å². The predicted molar refractivity (Wildman–Crippen MR) is 87.3 cm³/mol. The molecule has 1 aliphatic rings. The zero-order chi connectivity index (χ0) is 17.7. The summed E-state index contributed by atoms with van der Waals surface area (Å²) in [5.41, 5.74) is 2.38. The first-order chi connectivity index (χ1) is 12.0. The van der Waals surface area contributed by atoms with Crippen molar-refractivity contribution < 1.29 is 24.2 Å². The van der Waals surface area contributed by atoms with E-state index in [1.807, 2.05) is 0 Å². The molecule has 126 valence electrons. The number of nitrogens with zero attached hydrogens (tertiary/aromatic N) is 2. The molecule has 0 saturated heterocycles. The van der Waals surface area contributed by atoms with Crippen molar-refractivity contribution in [2.24, 2.45) is 0 Å². The van der Waals surface area contributed by atoms with Gasteiger partial charge < -0.3 is 19.6 Å². The highest BCUT2D eigenvalue weighted by Crippen LogP contribution is 2.41. The summed E-state index contributed by atoms with van der Waals surface area (Å²) in [7, 11) is 0. The largest absolute Gasteiger partial charge is 0.503 e. The Morgan fingerprint density at radius 3 is 2.84 bits per heavy atom. The van der Waals surface area contributed by atoms with Gasteiger partial charge in [0.15, 0.2) is 5.76 Å². The van der Waals surface area contributed by atoms with Gasteiger partial charge in [-0.15, -0.1) is 0 Å². The fraction of sp³-hybridized carbons (Fsp3) is 0.118. The van der Waals surface area contributed by atoms with Gasteiger partial charge >= 0.3 is 5.97 Å². The Kier molecular flexibility index (Phi) is 3.14. The zero-order valence-corrected chi connectivity index (χ0v) is 13.1. The summed E-state index contributed by atoms with van der Waals surface area (Å²) in [6.45, 7) is 1.61. The lowest BCUT2D eigenvalue weighted by Crippen LogP contribution is -2.29. The monoisotopic (exact) mass is 339 g/mol. The van der Waals surface area contributed by atoms with E-state index in [2.05, 4.69) is 9.97 Å². The van der Waals surface area contributed by atoms with E-state index >= 15 is 0 Å². The number of furan rings is 1. The van der Waals surface area contributed by atoms with Gasteiger partial charge in [-0.25, -0.2) is 9.78 Å². The molecule has 1 aromatic carbocycles. The van der Waals surface area contributed by atoms with E-state index in [1.54, 1.807) is 31.5 Å². The van der Waals surface area contributed by atoms with Crippen molar-refractivity contribution in [3.05, 3.63) is 59.5 Å². The number of carboxylic acid groups (broad SMARTS) is 1. The summed E-state index contributed by atoms with van der Waals surface area (Å²) in [5, 5.41) is 19.2. The third kappa shape index (κ3) is 2.18. The molecule has 25 heavy (non-hydrogen) atoms. The predicted octanol–water partition coefficient (Wildman–Crippen LogP) is 2.77. The SMILES string of the molecule is CC1=C(O)C(=O)N(c2ccc3[nH]cnc3c2)C1c1ccc(C(=O)O)o1. The topological polar surface area (TPSA) is 120 Å². The average molecular weight is 339 g/mol. The second-order valence-corrected chi connectivity index (χ2v) is 5.72. The van der Waals surface area contributed by atoms with Crippen LogP contribution in [0, 0.1) is 0 Å². The minimum Gasteiger partial charge on any atom is -0.503 e. The standard InChI is InChI=1S/C17H13N3O5/c1-8-14(12-4-5-13(25-12)17(23)24)20(16(22)15(8)21)9-2-3-10-11(6-9)19-7-18-10/h2-7,14,21H,1H3,(H,18,19)(H,23,24). The van der Waals surface area contributed by atoms with Crippen LogP contribution in [0.2, 0.25) is 0 Å². The van der Waals surface area contributed by atoms with Crippen molar-refractivity contribution in [1.82, 2.24) is 9.97 Å². The molecular weight excluding hydrogens is 326 g/mol. The molecule has 1 aliphatic heterocycles. The number of hydrogen-bond acceptors (Lipinski definition) is 5. The number of aromatic carboxylic acids is 1. The van der Waals surface area contributed by atoms with Crippen LogP contribution in [0.3, 0.4) is 0 Å². The minimum absolute atomic E-state index is 0.232. The quantitative estimate of drug-likeness (QED) is 0.675. The molecule has 1 amide bonds. The van der Waals surface area contributed by atoms with Crippen LogP contribution < -0.4 is 4.90 Å². The number of aromatic amines is 1. The van der Waals surface area contributed by atoms with Gasteiger partial charge in [-0.2, -0.15) is 0 Å². The molecule has 0 fully saturated rings. The third-order valence-electron chi connectivity index (χ3n) is 4.25. The lowest BCUT2D eigenvalue weighted by atomic mass is 10.1. The van der Waals surface area contributed by atoms with Crippen LogP contribution in [-0.4, -0.2) is 32.1 Å². The molecule has 2 aromatic heterocycles. The number of aromatic nitrogens is 2. The van der Waals surface area contributed by atoms with Crippen molar-refractivity contribution in [3.63, 3.8) is 0 Å². The van der Waals surface area contributed by atoms with Crippen LogP contribution in [0.15, 0.2) is 52.4 Å². The maximum absolute atomic E-state index is 12.5. The lowest BCUT2D eigenvalue weighted by Gasteiger charge is -2.24. The molecule has 8 nitrogen and oxygen atoms in total. The Morgan fingerprint density at radius 1 is 1.32 bits per heavy atom. The van der Waals surface area contributed by atoms with Crippen LogP contribution >= 0.6 is 0 Å². The van der Waals surface area contributed by atoms with Crippen molar-refractivity contribution in [2.45, 2.75) is 13.0 Å². The molecular formula is C17H13N3O5. The second-order valence-electron chi connectivity index (χ2n) is 5.72. The first kappa shape index (κ1) is 15.0. The number of nitrogens with one attached hydrogen (secondary N) is 1. The van der Waals surface area contributed by atoms with E-state index < -0.39 is 17.9 Å². The minimum atomic E-state index is -1.20. The highest BCUT2D eigenvalue weighted by Gasteiger charge is 2.41. The van der Waals surface area contributed by atoms with Crippen LogP contribution in [0.25, 0.3) is 11.0 Å². The van der Waals surface area contributed by atoms with Crippen LogP contribution in [0.5, 0.6) is 0 Å². The highest BCUT2D eigenvalue weighted by molar-refractivity contribution is 6.09. The van der Waals surface area contributed by atoms with E-state index in [4.69, 9.17) is 9.52 Å². The molecule has 3 N–H and O–H groups in total. The second kappa shape index (κ2) is 5.23. The number of amides is 1. The molecule has 8 heteroatoms. The molecule has 1 atom stereocenters. The van der Waals surface area contributed by atoms with Crippen molar-refractivity contribution >= 4 is 28.6 Å². The molecule has 0 spiro atoms. The Morgan fingerprint density at radius 2 is 2.12 bits per heavy atom. The van der Waals surface area contributed by atoms with E-state index in [0.29, 0.717) is 16.8 Å². The number of benzene rings is 1. The number of aliphatic hydroxyl groups is 1. The molecule has 0 saturated carbocycles. The van der Waals surface area contributed by atoms with Crippen LogP contribution in [0.4, 0.5) is 5.69 Å². The molecule has 0 radical (unpaired) electrons. The first-order valence-corrected chi connectivity index (χ1v) is 7.47. The number of fused-ring (bicyclic) bond motifs is 1. The van der Waals surface area contributed by atoms with Gasteiger partial charge in [-0.1, -0.05) is 0 Å². The molecule has 1 unspecified atom stereocenters. The number of carbonyl (C=O) groups excluding carboxylic acids is 1. The van der Waals surface area contributed by atoms with Crippen LogP contribution in [0.1, 0.15) is 29.3 Å². The van der Waals surface area contributed by atoms with Gasteiger partial charge in [0.25, 0.3) is 5.91 Å². The summed E-state index contributed by atoms with van der Waals surface area (Å²) in [5.74, 6) is -2.13. The van der Waals surface area contributed by atoms with E-state index in [-0.39, 0.29) is 17.3 Å². The van der Waals surface area contributed by atoms with Gasteiger partial charge in [-0.3, -0.25) is 9.69 Å². The number of H-pyrrole nitrogens is 1. The first-order valence-electron chi connectivity index (χ1n) is 7.47. The Hall–Kier alpha value is -3.55. The molecule has 4 rings (SSSR count). The summed E-state index contributed by atoms with van der Waals surface area (Å²) < 4.78 is 5.36. The normalized spacial score (nSPS) is 17.7. The number of carbonyl (C=O) groups is 2. The Bertz CT molecular complexity index is 1050. The molecule has 0 aliphatic carbocycles. The number of anilines is 1. The number of rotatable bonds is 3. The van der Waals surface area contributed by atoms with Gasteiger partial charge in [0, 0.05) is 11.3 Å². The zero-order valence-electron chi connectivity index (χ0n) is 13.1. The third-order valence-corrected chi connectivity index (χ3v) is 4.25.